The van der Waals surface area contributed by atoms with Crippen LogP contribution < -0.4 is 14.8 Å². The first-order valence-corrected chi connectivity index (χ1v) is 9.85. The first kappa shape index (κ1) is 19.5. The molecule has 2 aromatic carbocycles. The van der Waals surface area contributed by atoms with E-state index in [0.717, 1.165) is 41.5 Å². The molecule has 2 heterocycles. The third kappa shape index (κ3) is 4.96. The minimum absolute atomic E-state index is 0.400. The SMILES string of the molecule is COc1ccc(-c2nc(CCOc3ccc(CC4COCN4)cc3)c(C)o2)cc1. The van der Waals surface area contributed by atoms with Gasteiger partial charge >= 0.3 is 0 Å². The Morgan fingerprint density at radius 2 is 1.83 bits per heavy atom. The van der Waals surface area contributed by atoms with Gasteiger partial charge in [0.1, 0.15) is 17.3 Å². The van der Waals surface area contributed by atoms with Crippen LogP contribution in [0.15, 0.2) is 52.9 Å². The van der Waals surface area contributed by atoms with Crippen LogP contribution >= 0.6 is 0 Å². The summed E-state index contributed by atoms with van der Waals surface area (Å²) < 4.78 is 22.3. The van der Waals surface area contributed by atoms with Crippen LogP contribution in [0.5, 0.6) is 11.5 Å². The van der Waals surface area contributed by atoms with Gasteiger partial charge in [0.15, 0.2) is 0 Å². The lowest BCUT2D eigenvalue weighted by Crippen LogP contribution is -2.25. The lowest BCUT2D eigenvalue weighted by molar-refractivity contribution is 0.189. The van der Waals surface area contributed by atoms with Crippen LogP contribution in [-0.4, -0.2) is 38.1 Å². The summed E-state index contributed by atoms with van der Waals surface area (Å²) in [6.45, 7) is 3.90. The molecule has 0 radical (unpaired) electrons. The highest BCUT2D eigenvalue weighted by Gasteiger charge is 2.15. The monoisotopic (exact) mass is 394 g/mol. The summed E-state index contributed by atoms with van der Waals surface area (Å²) in [5.74, 6) is 3.11. The maximum absolute atomic E-state index is 5.90. The van der Waals surface area contributed by atoms with Crippen LogP contribution in [0.2, 0.25) is 0 Å². The summed E-state index contributed by atoms with van der Waals surface area (Å²) in [6, 6.07) is 16.3. The lowest BCUT2D eigenvalue weighted by atomic mass is 10.1. The van der Waals surface area contributed by atoms with Crippen LogP contribution in [0.1, 0.15) is 17.0 Å². The van der Waals surface area contributed by atoms with Gasteiger partial charge in [-0.15, -0.1) is 0 Å². The van der Waals surface area contributed by atoms with E-state index in [1.165, 1.54) is 5.56 Å². The normalized spacial score (nSPS) is 16.1. The number of aromatic nitrogens is 1. The second-order valence-electron chi connectivity index (χ2n) is 7.11. The van der Waals surface area contributed by atoms with E-state index in [2.05, 4.69) is 22.4 Å². The Balaban J connectivity index is 1.30. The van der Waals surface area contributed by atoms with E-state index < -0.39 is 0 Å². The average molecular weight is 394 g/mol. The molecule has 0 aliphatic carbocycles. The highest BCUT2D eigenvalue weighted by Crippen LogP contribution is 2.24. The van der Waals surface area contributed by atoms with E-state index >= 15 is 0 Å². The van der Waals surface area contributed by atoms with Gasteiger partial charge in [-0.05, 0) is 55.3 Å². The molecule has 0 amide bonds. The molecule has 6 heteroatoms. The van der Waals surface area contributed by atoms with Gasteiger partial charge in [0.2, 0.25) is 5.89 Å². The Labute approximate surface area is 170 Å². The average Bonchev–Trinajstić information content (AvgIpc) is 3.39. The first-order chi connectivity index (χ1) is 14.2. The van der Waals surface area contributed by atoms with Gasteiger partial charge in [-0.2, -0.15) is 0 Å². The second-order valence-corrected chi connectivity index (χ2v) is 7.11. The molecule has 1 unspecified atom stereocenters. The number of hydrogen-bond acceptors (Lipinski definition) is 6. The molecule has 0 bridgehead atoms. The summed E-state index contributed by atoms with van der Waals surface area (Å²) in [5.41, 5.74) is 3.12. The van der Waals surface area contributed by atoms with Crippen LogP contribution in [0.4, 0.5) is 0 Å². The van der Waals surface area contributed by atoms with Crippen molar-refractivity contribution in [2.24, 2.45) is 0 Å². The molecule has 1 N–H and O–H groups in total. The van der Waals surface area contributed by atoms with Crippen molar-refractivity contribution >= 4 is 0 Å². The molecule has 29 heavy (non-hydrogen) atoms. The predicted molar refractivity (Wildman–Crippen MR) is 110 cm³/mol. The topological polar surface area (TPSA) is 65.8 Å². The zero-order chi connectivity index (χ0) is 20.1. The van der Waals surface area contributed by atoms with Crippen molar-refractivity contribution in [1.29, 1.82) is 0 Å². The third-order valence-electron chi connectivity index (χ3n) is 5.04. The van der Waals surface area contributed by atoms with Crippen LogP contribution in [0.3, 0.4) is 0 Å². The molecule has 1 aliphatic heterocycles. The van der Waals surface area contributed by atoms with Crippen molar-refractivity contribution in [2.45, 2.75) is 25.8 Å². The highest BCUT2D eigenvalue weighted by atomic mass is 16.5. The summed E-state index contributed by atoms with van der Waals surface area (Å²) >= 11 is 0. The number of nitrogens with one attached hydrogen (secondary N) is 1. The fourth-order valence-electron chi connectivity index (χ4n) is 3.36. The van der Waals surface area contributed by atoms with Gasteiger partial charge in [-0.25, -0.2) is 4.98 Å². The van der Waals surface area contributed by atoms with E-state index in [1.54, 1.807) is 7.11 Å². The smallest absolute Gasteiger partial charge is 0.226 e. The van der Waals surface area contributed by atoms with Gasteiger partial charge in [0.25, 0.3) is 0 Å². The van der Waals surface area contributed by atoms with Crippen LogP contribution in [0.25, 0.3) is 11.5 Å². The predicted octanol–water partition coefficient (Wildman–Crippen LogP) is 3.77. The molecule has 1 fully saturated rings. The molecule has 1 atom stereocenters. The fraction of sp³-hybridized carbons (Fsp3) is 0.348. The molecule has 3 aromatic rings. The zero-order valence-electron chi connectivity index (χ0n) is 16.8. The molecule has 152 valence electrons. The van der Waals surface area contributed by atoms with E-state index in [1.807, 2.05) is 43.3 Å². The van der Waals surface area contributed by atoms with E-state index in [-0.39, 0.29) is 0 Å². The van der Waals surface area contributed by atoms with E-state index in [9.17, 15) is 0 Å². The van der Waals surface area contributed by atoms with Crippen molar-refractivity contribution < 1.29 is 18.6 Å². The maximum atomic E-state index is 5.90. The molecular formula is C23H26N2O4. The van der Waals surface area contributed by atoms with Gasteiger partial charge in [-0.3, -0.25) is 5.32 Å². The number of oxazole rings is 1. The Bertz CT molecular complexity index is 913. The van der Waals surface area contributed by atoms with E-state index in [4.69, 9.17) is 18.6 Å². The maximum Gasteiger partial charge on any atom is 0.226 e. The summed E-state index contributed by atoms with van der Waals surface area (Å²) in [6.07, 6.45) is 1.66. The third-order valence-corrected chi connectivity index (χ3v) is 5.04. The molecule has 4 rings (SSSR count). The quantitative estimate of drug-likeness (QED) is 0.627. The molecule has 0 spiro atoms. The number of methoxy groups -OCH3 is 1. The van der Waals surface area contributed by atoms with Gasteiger partial charge in [-0.1, -0.05) is 12.1 Å². The van der Waals surface area contributed by atoms with Crippen molar-refractivity contribution in [2.75, 3.05) is 27.1 Å². The van der Waals surface area contributed by atoms with Gasteiger partial charge in [0.05, 0.1) is 32.7 Å². The van der Waals surface area contributed by atoms with Crippen molar-refractivity contribution in [3.05, 3.63) is 65.5 Å². The van der Waals surface area contributed by atoms with Crippen molar-refractivity contribution in [3.8, 4) is 23.0 Å². The lowest BCUT2D eigenvalue weighted by Gasteiger charge is -2.10. The van der Waals surface area contributed by atoms with Crippen LogP contribution in [-0.2, 0) is 17.6 Å². The Hall–Kier alpha value is -2.83. The summed E-state index contributed by atoms with van der Waals surface area (Å²) in [7, 11) is 1.65. The minimum Gasteiger partial charge on any atom is -0.497 e. The Morgan fingerprint density at radius 3 is 2.52 bits per heavy atom. The minimum atomic E-state index is 0.400. The Morgan fingerprint density at radius 1 is 1.07 bits per heavy atom. The molecule has 0 saturated carbocycles. The highest BCUT2D eigenvalue weighted by molar-refractivity contribution is 5.55. The zero-order valence-corrected chi connectivity index (χ0v) is 16.8. The molecule has 1 aliphatic rings. The van der Waals surface area contributed by atoms with E-state index in [0.29, 0.717) is 31.7 Å². The molecule has 1 saturated heterocycles. The van der Waals surface area contributed by atoms with Crippen molar-refractivity contribution in [1.82, 2.24) is 10.3 Å². The largest absolute Gasteiger partial charge is 0.497 e. The number of hydrogen-bond donors (Lipinski definition) is 1. The number of rotatable bonds is 8. The second kappa shape index (κ2) is 9.11. The number of aryl methyl sites for hydroxylation is 1. The first-order valence-electron chi connectivity index (χ1n) is 9.85. The molecule has 1 aromatic heterocycles. The number of ether oxygens (including phenoxy) is 3. The van der Waals surface area contributed by atoms with Crippen molar-refractivity contribution in [3.63, 3.8) is 0 Å². The Kier molecular flexibility index (Phi) is 6.12. The standard InChI is InChI=1S/C23H26N2O4/c1-16-22(25-23(29-16)18-5-9-20(26-2)10-6-18)11-12-28-21-7-3-17(4-8-21)13-19-14-27-15-24-19/h3-10,19,24H,11-15H2,1-2H3. The van der Waals surface area contributed by atoms with Gasteiger partial charge < -0.3 is 18.6 Å². The summed E-state index contributed by atoms with van der Waals surface area (Å²) in [4.78, 5) is 4.63. The van der Waals surface area contributed by atoms with Gasteiger partial charge in [0, 0.05) is 18.0 Å². The molecule has 6 nitrogen and oxygen atoms in total. The number of benzene rings is 2. The summed E-state index contributed by atoms with van der Waals surface area (Å²) in [5, 5.41) is 3.32. The number of nitrogens with zero attached hydrogens (tertiary/aromatic N) is 1. The van der Waals surface area contributed by atoms with Crippen LogP contribution in [0, 0.1) is 6.92 Å². The molecular weight excluding hydrogens is 368 g/mol. The fourth-order valence-corrected chi connectivity index (χ4v) is 3.36.